The predicted molar refractivity (Wildman–Crippen MR) is 80.7 cm³/mol. The molecule has 0 aromatic heterocycles. The first-order chi connectivity index (χ1) is 8.39. The summed E-state index contributed by atoms with van der Waals surface area (Å²) in [6, 6.07) is 0.371. The van der Waals surface area contributed by atoms with Crippen LogP contribution in [0.25, 0.3) is 0 Å². The van der Waals surface area contributed by atoms with Gasteiger partial charge >= 0.3 is 0 Å². The van der Waals surface area contributed by atoms with Crippen LogP contribution in [0.4, 0.5) is 0 Å². The van der Waals surface area contributed by atoms with Gasteiger partial charge in [0, 0.05) is 12.6 Å². The molecule has 0 amide bonds. The molecule has 1 aliphatic rings. The lowest BCUT2D eigenvalue weighted by atomic mass is 9.85. The summed E-state index contributed by atoms with van der Waals surface area (Å²) < 4.78 is 0. The lowest BCUT2D eigenvalue weighted by Gasteiger charge is -2.25. The lowest BCUT2D eigenvalue weighted by molar-refractivity contribution is 0.226. The van der Waals surface area contributed by atoms with Crippen molar-refractivity contribution in [1.29, 1.82) is 0 Å². The molecule has 1 fully saturated rings. The summed E-state index contributed by atoms with van der Waals surface area (Å²) in [5.74, 6) is 0.824. The first-order valence-electron chi connectivity index (χ1n) is 7.87. The summed E-state index contributed by atoms with van der Waals surface area (Å²) in [6.45, 7) is 13.2. The second kappa shape index (κ2) is 7.49. The molecule has 1 heterocycles. The molecule has 2 unspecified atom stereocenters. The van der Waals surface area contributed by atoms with Crippen molar-refractivity contribution in [3.63, 3.8) is 0 Å². The van der Waals surface area contributed by atoms with E-state index in [-0.39, 0.29) is 0 Å². The Balaban J connectivity index is 2.21. The topological polar surface area (TPSA) is 29.3 Å². The number of nitrogens with zero attached hydrogens (tertiary/aromatic N) is 1. The maximum Gasteiger partial charge on any atom is 0.00104 e. The van der Waals surface area contributed by atoms with Crippen molar-refractivity contribution in [2.45, 2.75) is 72.3 Å². The van der Waals surface area contributed by atoms with E-state index in [1.807, 2.05) is 0 Å². The Morgan fingerprint density at radius 3 is 2.50 bits per heavy atom. The van der Waals surface area contributed by atoms with E-state index in [1.54, 1.807) is 0 Å². The van der Waals surface area contributed by atoms with Crippen molar-refractivity contribution in [2.75, 3.05) is 19.6 Å². The number of nitrogens with two attached hydrogens (primary N) is 1. The van der Waals surface area contributed by atoms with Crippen LogP contribution < -0.4 is 5.73 Å². The summed E-state index contributed by atoms with van der Waals surface area (Å²) >= 11 is 0. The highest BCUT2D eigenvalue weighted by Gasteiger charge is 2.23. The second-order valence-corrected chi connectivity index (χ2v) is 7.33. The first-order valence-corrected chi connectivity index (χ1v) is 7.87. The maximum atomic E-state index is 5.80. The monoisotopic (exact) mass is 254 g/mol. The van der Waals surface area contributed by atoms with Crippen molar-refractivity contribution < 1.29 is 0 Å². The molecule has 0 aromatic carbocycles. The molecule has 108 valence electrons. The molecule has 18 heavy (non-hydrogen) atoms. The van der Waals surface area contributed by atoms with E-state index in [9.17, 15) is 0 Å². The Hall–Kier alpha value is -0.0800. The standard InChI is InChI=1S/C16H34N2/c1-14(7-5-8-15(2)17)13-18-11-6-9-16(3,4)10-12-18/h14-15H,5-13,17H2,1-4H3. The summed E-state index contributed by atoms with van der Waals surface area (Å²) in [4.78, 5) is 2.69. The molecule has 1 saturated heterocycles. The summed E-state index contributed by atoms with van der Waals surface area (Å²) in [5.41, 5.74) is 6.37. The zero-order valence-corrected chi connectivity index (χ0v) is 13.0. The second-order valence-electron chi connectivity index (χ2n) is 7.33. The van der Waals surface area contributed by atoms with Crippen LogP contribution in [0.3, 0.4) is 0 Å². The van der Waals surface area contributed by atoms with Gasteiger partial charge in [0.25, 0.3) is 0 Å². The van der Waals surface area contributed by atoms with Gasteiger partial charge in [0.2, 0.25) is 0 Å². The van der Waals surface area contributed by atoms with Crippen LogP contribution in [0, 0.1) is 11.3 Å². The predicted octanol–water partition coefficient (Wildman–Crippen LogP) is 3.65. The van der Waals surface area contributed by atoms with E-state index in [4.69, 9.17) is 5.73 Å². The molecule has 2 N–H and O–H groups in total. The molecule has 1 rings (SSSR count). The average molecular weight is 254 g/mol. The van der Waals surface area contributed by atoms with Gasteiger partial charge in [-0.15, -0.1) is 0 Å². The van der Waals surface area contributed by atoms with E-state index >= 15 is 0 Å². The minimum Gasteiger partial charge on any atom is -0.328 e. The highest BCUT2D eigenvalue weighted by molar-refractivity contribution is 4.77. The third kappa shape index (κ3) is 6.75. The zero-order chi connectivity index (χ0) is 13.6. The fourth-order valence-electron chi connectivity index (χ4n) is 2.98. The van der Waals surface area contributed by atoms with Crippen molar-refractivity contribution in [3.8, 4) is 0 Å². The Morgan fingerprint density at radius 1 is 1.11 bits per heavy atom. The highest BCUT2D eigenvalue weighted by atomic mass is 15.1. The Bertz CT molecular complexity index is 223. The van der Waals surface area contributed by atoms with Gasteiger partial charge in [-0.05, 0) is 63.5 Å². The smallest absolute Gasteiger partial charge is 0.00104 e. The fraction of sp³-hybridized carbons (Fsp3) is 1.00. The average Bonchev–Trinajstić information content (AvgIpc) is 2.40. The van der Waals surface area contributed by atoms with Crippen LogP contribution in [0.15, 0.2) is 0 Å². The van der Waals surface area contributed by atoms with Crippen LogP contribution in [0.2, 0.25) is 0 Å². The Kier molecular flexibility index (Phi) is 6.65. The molecule has 0 bridgehead atoms. The molecule has 2 atom stereocenters. The van der Waals surface area contributed by atoms with Crippen molar-refractivity contribution in [1.82, 2.24) is 4.90 Å². The van der Waals surface area contributed by atoms with E-state index in [0.29, 0.717) is 11.5 Å². The summed E-state index contributed by atoms with van der Waals surface area (Å²) in [7, 11) is 0. The molecule has 0 radical (unpaired) electrons. The molecular weight excluding hydrogens is 220 g/mol. The highest BCUT2D eigenvalue weighted by Crippen LogP contribution is 2.30. The van der Waals surface area contributed by atoms with Crippen LogP contribution in [-0.4, -0.2) is 30.6 Å². The molecule has 2 heteroatoms. The van der Waals surface area contributed by atoms with E-state index < -0.39 is 0 Å². The van der Waals surface area contributed by atoms with E-state index in [2.05, 4.69) is 32.6 Å². The van der Waals surface area contributed by atoms with Crippen molar-refractivity contribution in [3.05, 3.63) is 0 Å². The number of hydrogen-bond donors (Lipinski definition) is 1. The molecule has 0 aliphatic carbocycles. The summed E-state index contributed by atoms with van der Waals surface area (Å²) in [6.07, 6.45) is 7.93. The third-order valence-corrected chi connectivity index (χ3v) is 4.36. The molecule has 2 nitrogen and oxygen atoms in total. The lowest BCUT2D eigenvalue weighted by Crippen LogP contribution is -2.30. The van der Waals surface area contributed by atoms with Crippen LogP contribution in [0.1, 0.15) is 66.2 Å². The van der Waals surface area contributed by atoms with Crippen LogP contribution in [0.5, 0.6) is 0 Å². The van der Waals surface area contributed by atoms with Gasteiger partial charge in [0.1, 0.15) is 0 Å². The Labute approximate surface area is 114 Å². The Morgan fingerprint density at radius 2 is 1.83 bits per heavy atom. The van der Waals surface area contributed by atoms with Gasteiger partial charge in [0.15, 0.2) is 0 Å². The largest absolute Gasteiger partial charge is 0.328 e. The van der Waals surface area contributed by atoms with Gasteiger partial charge in [-0.1, -0.05) is 27.2 Å². The van der Waals surface area contributed by atoms with Gasteiger partial charge in [-0.2, -0.15) is 0 Å². The van der Waals surface area contributed by atoms with Gasteiger partial charge in [-0.25, -0.2) is 0 Å². The normalized spacial score (nSPS) is 24.5. The summed E-state index contributed by atoms with van der Waals surface area (Å²) in [5, 5.41) is 0. The first kappa shape index (κ1) is 16.0. The van der Waals surface area contributed by atoms with Crippen LogP contribution >= 0.6 is 0 Å². The van der Waals surface area contributed by atoms with Gasteiger partial charge < -0.3 is 10.6 Å². The fourth-order valence-corrected chi connectivity index (χ4v) is 2.98. The van der Waals surface area contributed by atoms with Gasteiger partial charge in [0.05, 0.1) is 0 Å². The SMILES string of the molecule is CC(N)CCCC(C)CN1CCCC(C)(C)CC1. The molecule has 1 aliphatic heterocycles. The third-order valence-electron chi connectivity index (χ3n) is 4.36. The number of rotatable bonds is 6. The van der Waals surface area contributed by atoms with Crippen molar-refractivity contribution in [2.24, 2.45) is 17.1 Å². The molecule has 0 spiro atoms. The van der Waals surface area contributed by atoms with Gasteiger partial charge in [-0.3, -0.25) is 0 Å². The molecule has 0 saturated carbocycles. The number of likely N-dealkylation sites (tertiary alicyclic amines) is 1. The molecular formula is C16H34N2. The van der Waals surface area contributed by atoms with Crippen molar-refractivity contribution >= 4 is 0 Å². The zero-order valence-electron chi connectivity index (χ0n) is 13.0. The minimum absolute atomic E-state index is 0.371. The van der Waals surface area contributed by atoms with E-state index in [0.717, 1.165) is 5.92 Å². The van der Waals surface area contributed by atoms with Crippen LogP contribution in [-0.2, 0) is 0 Å². The maximum absolute atomic E-state index is 5.80. The minimum atomic E-state index is 0.371. The molecule has 0 aromatic rings. The quantitative estimate of drug-likeness (QED) is 0.784. The number of hydrogen-bond acceptors (Lipinski definition) is 2. The van der Waals surface area contributed by atoms with E-state index in [1.165, 1.54) is 58.2 Å².